The van der Waals surface area contributed by atoms with Gasteiger partial charge in [-0.15, -0.1) is 0 Å². The number of halogens is 1. The maximum atomic E-state index is 11.3. The topological polar surface area (TPSA) is 52.3 Å². The Labute approximate surface area is 72.7 Å². The van der Waals surface area contributed by atoms with Crippen molar-refractivity contribution in [3.8, 4) is 0 Å². The van der Waals surface area contributed by atoms with Gasteiger partial charge in [0.25, 0.3) is 0 Å². The summed E-state index contributed by atoms with van der Waals surface area (Å²) < 4.78 is 1.37. The Morgan fingerprint density at radius 3 is 2.50 bits per heavy atom. The van der Waals surface area contributed by atoms with Crippen LogP contribution in [0.2, 0.25) is 0 Å². The van der Waals surface area contributed by atoms with E-state index in [1.54, 1.807) is 10.3 Å². The van der Waals surface area contributed by atoms with Gasteiger partial charge in [0, 0.05) is 0 Å². The SMILES string of the molecule is CC[N+](C)([O-])CN(N)[I-]C. The number of hydrazine groups is 1. The molecule has 0 saturated carbocycles. The second-order valence-electron chi connectivity index (χ2n) is 2.32. The van der Waals surface area contributed by atoms with E-state index in [0.29, 0.717) is 13.2 Å². The standard InChI is InChI=1S/C5H15IN3O/c1-4-9(3,10)5-8(7)6-2/h4-5,7H2,1-3H3/q-1. The molecule has 0 spiro atoms. The average molecular weight is 260 g/mol. The summed E-state index contributed by atoms with van der Waals surface area (Å²) >= 11 is -0.132. The molecule has 10 heavy (non-hydrogen) atoms. The molecule has 0 aromatic carbocycles. The summed E-state index contributed by atoms with van der Waals surface area (Å²) in [4.78, 5) is 2.04. The molecule has 0 saturated heterocycles. The van der Waals surface area contributed by atoms with Crippen molar-refractivity contribution in [1.82, 2.24) is 3.22 Å². The molecule has 0 aliphatic heterocycles. The van der Waals surface area contributed by atoms with Gasteiger partial charge >= 0.3 is 72.5 Å². The first-order chi connectivity index (χ1) is 4.52. The molecule has 0 heterocycles. The minimum atomic E-state index is -0.260. The van der Waals surface area contributed by atoms with Gasteiger partial charge in [-0.2, -0.15) is 0 Å². The number of quaternary nitrogens is 1. The van der Waals surface area contributed by atoms with E-state index in [4.69, 9.17) is 5.84 Å². The van der Waals surface area contributed by atoms with Gasteiger partial charge in [-0.3, -0.25) is 0 Å². The summed E-state index contributed by atoms with van der Waals surface area (Å²) in [6.45, 7) is 2.87. The molecule has 0 rings (SSSR count). The summed E-state index contributed by atoms with van der Waals surface area (Å²) in [7, 11) is 1.64. The first kappa shape index (κ1) is 10.6. The van der Waals surface area contributed by atoms with Crippen LogP contribution >= 0.6 is 0 Å². The van der Waals surface area contributed by atoms with Gasteiger partial charge in [-0.1, -0.05) is 0 Å². The molecule has 1 unspecified atom stereocenters. The molecule has 0 aliphatic carbocycles. The third-order valence-corrected chi connectivity index (χ3v) is 2.86. The fraction of sp³-hybridized carbons (Fsp3) is 1.00. The molecule has 0 aromatic rings. The Kier molecular flexibility index (Phi) is 4.70. The van der Waals surface area contributed by atoms with Crippen molar-refractivity contribution in [2.45, 2.75) is 6.92 Å². The number of hydrogen-bond donors (Lipinski definition) is 1. The van der Waals surface area contributed by atoms with Crippen LogP contribution in [0, 0.1) is 5.21 Å². The molecule has 0 bridgehead atoms. The summed E-state index contributed by atoms with van der Waals surface area (Å²) in [5.74, 6) is 5.50. The third-order valence-electron chi connectivity index (χ3n) is 1.32. The van der Waals surface area contributed by atoms with Crippen molar-refractivity contribution in [2.24, 2.45) is 5.84 Å². The normalized spacial score (nSPS) is 17.8. The van der Waals surface area contributed by atoms with Crippen LogP contribution < -0.4 is 27.3 Å². The molecule has 5 heteroatoms. The molecule has 0 radical (unpaired) electrons. The van der Waals surface area contributed by atoms with E-state index >= 15 is 0 Å². The molecular weight excluding hydrogens is 245 g/mol. The van der Waals surface area contributed by atoms with E-state index < -0.39 is 0 Å². The van der Waals surface area contributed by atoms with Crippen LogP contribution in [0.1, 0.15) is 6.92 Å². The van der Waals surface area contributed by atoms with Crippen molar-refractivity contribution < 1.29 is 26.1 Å². The number of hydroxylamine groups is 3. The monoisotopic (exact) mass is 260 g/mol. The number of rotatable bonds is 4. The zero-order chi connectivity index (χ0) is 8.20. The molecule has 0 fully saturated rings. The van der Waals surface area contributed by atoms with Gasteiger partial charge in [0.05, 0.1) is 0 Å². The maximum absolute atomic E-state index is 11.3. The van der Waals surface area contributed by atoms with Crippen molar-refractivity contribution in [1.29, 1.82) is 0 Å². The van der Waals surface area contributed by atoms with Gasteiger partial charge < -0.3 is 0 Å². The van der Waals surface area contributed by atoms with Gasteiger partial charge in [0.15, 0.2) is 0 Å². The average Bonchev–Trinajstić information content (AvgIpc) is 1.87. The van der Waals surface area contributed by atoms with E-state index in [-0.39, 0.29) is 26.1 Å². The van der Waals surface area contributed by atoms with Crippen molar-refractivity contribution in [2.75, 3.05) is 25.2 Å². The van der Waals surface area contributed by atoms with Crippen LogP contribution in [0.5, 0.6) is 0 Å². The van der Waals surface area contributed by atoms with Crippen LogP contribution in [-0.2, 0) is 0 Å². The van der Waals surface area contributed by atoms with Crippen LogP contribution in [0.25, 0.3) is 0 Å². The third kappa shape index (κ3) is 4.40. The molecule has 0 aromatic heterocycles. The first-order valence-corrected chi connectivity index (χ1v) is 6.21. The van der Waals surface area contributed by atoms with Gasteiger partial charge in [0.2, 0.25) is 0 Å². The summed E-state index contributed by atoms with van der Waals surface area (Å²) in [5.41, 5.74) is 0. The number of hydrogen-bond acceptors (Lipinski definition) is 3. The van der Waals surface area contributed by atoms with Crippen molar-refractivity contribution in [3.05, 3.63) is 5.21 Å². The molecule has 2 N–H and O–H groups in total. The van der Waals surface area contributed by atoms with Crippen LogP contribution in [0.4, 0.5) is 0 Å². The predicted octanol–water partition coefficient (Wildman–Crippen LogP) is -3.28. The minimum absolute atomic E-state index is 0.132. The molecule has 0 amide bonds. The Hall–Kier alpha value is 0.570. The van der Waals surface area contributed by atoms with Gasteiger partial charge in [-0.25, -0.2) is 0 Å². The molecule has 4 nitrogen and oxygen atoms in total. The van der Waals surface area contributed by atoms with E-state index in [2.05, 4.69) is 0 Å². The Bertz CT molecular complexity index is 98.9. The second kappa shape index (κ2) is 4.45. The Morgan fingerprint density at radius 1 is 1.70 bits per heavy atom. The molecule has 1 atom stereocenters. The van der Waals surface area contributed by atoms with E-state index in [1.807, 2.05) is 11.9 Å². The summed E-state index contributed by atoms with van der Waals surface area (Å²) in [6.07, 6.45) is 0. The van der Waals surface area contributed by atoms with Crippen LogP contribution in [-0.4, -0.2) is 33.1 Å². The quantitative estimate of drug-likeness (QED) is 0.110. The zero-order valence-corrected chi connectivity index (χ0v) is 8.83. The Balaban J connectivity index is 3.64. The number of nitrogens with two attached hydrogens (primary N) is 1. The van der Waals surface area contributed by atoms with Crippen molar-refractivity contribution >= 4 is 0 Å². The summed E-state index contributed by atoms with van der Waals surface area (Å²) in [5, 5.41) is 11.3. The number of alkyl halides is 1. The van der Waals surface area contributed by atoms with Gasteiger partial charge in [0.1, 0.15) is 0 Å². The van der Waals surface area contributed by atoms with E-state index in [0.717, 1.165) is 0 Å². The summed E-state index contributed by atoms with van der Waals surface area (Å²) in [6, 6.07) is 0. The van der Waals surface area contributed by atoms with Crippen LogP contribution in [0.15, 0.2) is 0 Å². The fourth-order valence-electron chi connectivity index (χ4n) is 0.439. The molecule has 0 aliphatic rings. The van der Waals surface area contributed by atoms with Crippen molar-refractivity contribution in [3.63, 3.8) is 0 Å². The van der Waals surface area contributed by atoms with E-state index in [1.165, 1.54) is 0 Å². The second-order valence-corrected chi connectivity index (χ2v) is 4.53. The predicted molar refractivity (Wildman–Crippen MR) is 36.9 cm³/mol. The zero-order valence-electron chi connectivity index (χ0n) is 6.67. The number of nitrogens with zero attached hydrogens (tertiary/aromatic N) is 2. The molecule has 64 valence electrons. The molecular formula is C5H15IN3O-. The Morgan fingerprint density at radius 2 is 2.20 bits per heavy atom. The fourth-order valence-corrected chi connectivity index (χ4v) is 1.39. The van der Waals surface area contributed by atoms with Crippen LogP contribution in [0.3, 0.4) is 0 Å². The van der Waals surface area contributed by atoms with Gasteiger partial charge in [-0.05, 0) is 0 Å². The van der Waals surface area contributed by atoms with E-state index in [9.17, 15) is 5.21 Å². The first-order valence-electron chi connectivity index (χ1n) is 3.09.